The van der Waals surface area contributed by atoms with Gasteiger partial charge in [-0.1, -0.05) is 66.8 Å². The molecule has 31 heavy (non-hydrogen) atoms. The van der Waals surface area contributed by atoms with E-state index in [0.29, 0.717) is 0 Å². The summed E-state index contributed by atoms with van der Waals surface area (Å²) in [4.78, 5) is 24.7. The maximum atomic E-state index is 10.2. The van der Waals surface area contributed by atoms with Gasteiger partial charge >= 0.3 is 5.69 Å². The van der Waals surface area contributed by atoms with E-state index >= 15 is 0 Å². The second kappa shape index (κ2) is 8.36. The third kappa shape index (κ3) is 3.42. The van der Waals surface area contributed by atoms with E-state index in [9.17, 15) is 9.59 Å². The molecule has 0 saturated carbocycles. The molecule has 2 bridgehead atoms. The Morgan fingerprint density at radius 3 is 2.23 bits per heavy atom. The van der Waals surface area contributed by atoms with Crippen LogP contribution >= 0.6 is 0 Å². The van der Waals surface area contributed by atoms with Crippen molar-refractivity contribution >= 4 is 0 Å². The molecular formula is C25H22N2O4. The normalized spacial score (nSPS) is 18.0. The van der Waals surface area contributed by atoms with Crippen LogP contribution in [-0.4, -0.2) is 24.2 Å². The monoisotopic (exact) mass is 414 g/mol. The summed E-state index contributed by atoms with van der Waals surface area (Å²) < 4.78 is 11.2. The van der Waals surface area contributed by atoms with Gasteiger partial charge in [-0.3, -0.25) is 9.78 Å². The number of hydrogen-bond donors (Lipinski definition) is 2. The minimum Gasteiger partial charge on any atom is -0.493 e. The summed E-state index contributed by atoms with van der Waals surface area (Å²) in [5, 5.41) is 0. The van der Waals surface area contributed by atoms with E-state index in [-0.39, 0.29) is 11.0 Å². The topological polar surface area (TPSA) is 84.2 Å². The van der Waals surface area contributed by atoms with Crippen molar-refractivity contribution in [2.45, 2.75) is 5.41 Å². The number of benzene rings is 2. The molecule has 1 unspecified atom stereocenters. The number of nitrogens with one attached hydrogen (secondary N) is 2. The lowest BCUT2D eigenvalue weighted by atomic mass is 9.55. The van der Waals surface area contributed by atoms with Gasteiger partial charge < -0.3 is 14.5 Å². The molecule has 0 radical (unpaired) electrons. The van der Waals surface area contributed by atoms with Crippen molar-refractivity contribution in [3.63, 3.8) is 0 Å². The summed E-state index contributed by atoms with van der Waals surface area (Å²) in [6.07, 6.45) is 10.0. The third-order valence-corrected chi connectivity index (χ3v) is 5.43. The van der Waals surface area contributed by atoms with E-state index in [2.05, 4.69) is 59.6 Å². The number of hydrogen-bond acceptors (Lipinski definition) is 4. The van der Waals surface area contributed by atoms with Gasteiger partial charge in [0.1, 0.15) is 0 Å². The average molecular weight is 414 g/mol. The number of H-pyrrole nitrogens is 2. The fourth-order valence-electron chi connectivity index (χ4n) is 4.13. The molecule has 5 rings (SSSR count). The Labute approximate surface area is 179 Å². The van der Waals surface area contributed by atoms with Gasteiger partial charge in [-0.2, -0.15) is 0 Å². The van der Waals surface area contributed by atoms with Gasteiger partial charge in [0.05, 0.1) is 19.6 Å². The molecule has 2 aliphatic carbocycles. The SMILES string of the molecule is COc1cccc(C2(c3ccccc3)c3cccc2c3)c1OC.O=c1cc[nH]c(=O)[nH]1. The molecule has 2 aromatic carbocycles. The number of fused-ring (bicyclic) bond motifs is 2. The van der Waals surface area contributed by atoms with Gasteiger partial charge in [-0.05, 0) is 22.8 Å². The van der Waals surface area contributed by atoms with Crippen LogP contribution in [0.5, 0.6) is 11.5 Å². The quantitative estimate of drug-likeness (QED) is 0.685. The number of rotatable bonds is 4. The number of aromatic nitrogens is 2. The summed E-state index contributed by atoms with van der Waals surface area (Å²) in [5.74, 6) is 1.56. The van der Waals surface area contributed by atoms with Gasteiger partial charge in [0, 0.05) is 17.8 Å². The van der Waals surface area contributed by atoms with Crippen LogP contribution in [0.15, 0.2) is 106 Å². The van der Waals surface area contributed by atoms with Crippen molar-refractivity contribution < 1.29 is 9.47 Å². The van der Waals surface area contributed by atoms with Gasteiger partial charge in [0.25, 0.3) is 5.56 Å². The minimum absolute atomic E-state index is 0.268. The summed E-state index contributed by atoms with van der Waals surface area (Å²) in [6, 6.07) is 17.9. The molecule has 6 nitrogen and oxygen atoms in total. The van der Waals surface area contributed by atoms with E-state index in [1.807, 2.05) is 23.2 Å². The van der Waals surface area contributed by atoms with E-state index in [4.69, 9.17) is 9.47 Å². The molecule has 0 aliphatic heterocycles. The van der Waals surface area contributed by atoms with Crippen LogP contribution in [-0.2, 0) is 5.41 Å². The van der Waals surface area contributed by atoms with Crippen molar-refractivity contribution in [2.75, 3.05) is 14.2 Å². The zero-order valence-corrected chi connectivity index (χ0v) is 17.2. The van der Waals surface area contributed by atoms with Crippen LogP contribution in [0.4, 0.5) is 0 Å². The molecule has 2 N–H and O–H groups in total. The van der Waals surface area contributed by atoms with Crippen molar-refractivity contribution in [1.82, 2.24) is 9.97 Å². The minimum atomic E-state index is -0.475. The summed E-state index contributed by atoms with van der Waals surface area (Å²) in [6.45, 7) is 0. The van der Waals surface area contributed by atoms with E-state index < -0.39 is 5.69 Å². The smallest absolute Gasteiger partial charge is 0.325 e. The largest absolute Gasteiger partial charge is 0.493 e. The van der Waals surface area contributed by atoms with Crippen LogP contribution in [0.25, 0.3) is 0 Å². The molecule has 2 aliphatic rings. The van der Waals surface area contributed by atoms with E-state index in [0.717, 1.165) is 17.1 Å². The molecule has 0 spiro atoms. The Bertz CT molecular complexity index is 1260. The van der Waals surface area contributed by atoms with E-state index in [1.54, 1.807) is 14.2 Å². The number of allylic oxidation sites excluding steroid dienone is 6. The fraction of sp³-hybridized carbons (Fsp3) is 0.120. The predicted octanol–water partition coefficient (Wildman–Crippen LogP) is 3.49. The average Bonchev–Trinajstić information content (AvgIpc) is 2.80. The molecule has 1 atom stereocenters. The molecule has 0 saturated heterocycles. The number of para-hydroxylation sites is 1. The second-order valence-electron chi connectivity index (χ2n) is 7.03. The number of methoxy groups -OCH3 is 2. The first-order valence-corrected chi connectivity index (χ1v) is 9.77. The Hall–Kier alpha value is -4.06. The highest BCUT2D eigenvalue weighted by Crippen LogP contribution is 2.58. The lowest BCUT2D eigenvalue weighted by molar-refractivity contribution is 0.348. The Balaban J connectivity index is 0.000000245. The van der Waals surface area contributed by atoms with Crippen molar-refractivity contribution in [2.24, 2.45) is 0 Å². The van der Waals surface area contributed by atoms with Crippen molar-refractivity contribution in [3.05, 3.63) is 128 Å². The van der Waals surface area contributed by atoms with Crippen LogP contribution in [0, 0.1) is 0 Å². The fourth-order valence-corrected chi connectivity index (χ4v) is 4.13. The Morgan fingerprint density at radius 2 is 1.68 bits per heavy atom. The highest BCUT2D eigenvalue weighted by Gasteiger charge is 2.49. The lowest BCUT2D eigenvalue weighted by Gasteiger charge is -2.46. The molecule has 1 aromatic heterocycles. The van der Waals surface area contributed by atoms with Gasteiger partial charge in [-0.15, -0.1) is 0 Å². The van der Waals surface area contributed by atoms with Crippen molar-refractivity contribution in [3.8, 4) is 11.5 Å². The Morgan fingerprint density at radius 1 is 0.871 bits per heavy atom. The van der Waals surface area contributed by atoms with Crippen LogP contribution in [0.1, 0.15) is 11.1 Å². The van der Waals surface area contributed by atoms with E-state index in [1.165, 1.54) is 29.0 Å². The summed E-state index contributed by atoms with van der Waals surface area (Å²) in [7, 11) is 3.38. The summed E-state index contributed by atoms with van der Waals surface area (Å²) >= 11 is 0. The van der Waals surface area contributed by atoms with Crippen molar-refractivity contribution in [1.29, 1.82) is 0 Å². The highest BCUT2D eigenvalue weighted by atomic mass is 16.5. The van der Waals surface area contributed by atoms with Crippen LogP contribution in [0.3, 0.4) is 0 Å². The van der Waals surface area contributed by atoms with Gasteiger partial charge in [-0.25, -0.2) is 4.79 Å². The molecule has 6 heteroatoms. The zero-order chi connectivity index (χ0) is 21.8. The molecule has 3 aromatic rings. The first-order chi connectivity index (χ1) is 15.1. The molecule has 0 fully saturated rings. The Kier molecular flexibility index (Phi) is 5.45. The first kappa shape index (κ1) is 20.2. The molecular weight excluding hydrogens is 392 g/mol. The summed E-state index contributed by atoms with van der Waals surface area (Å²) in [5.41, 5.74) is 3.82. The lowest BCUT2D eigenvalue weighted by Crippen LogP contribution is -2.39. The standard InChI is InChI=1S/C21H18O2.C4H4N2O2/c1-22-19-13-7-12-18(20(19)23-2)21(15-8-4-3-5-9-15)16-10-6-11-17(21)14-16;7-3-1-2-5-4(8)6-3/h3-14H,1-2H3;1-2H,(H2,5,6,7,8). The van der Waals surface area contributed by atoms with Gasteiger partial charge in [0.15, 0.2) is 11.5 Å². The predicted molar refractivity (Wildman–Crippen MR) is 120 cm³/mol. The maximum Gasteiger partial charge on any atom is 0.325 e. The van der Waals surface area contributed by atoms with Gasteiger partial charge in [0.2, 0.25) is 0 Å². The third-order valence-electron chi connectivity index (χ3n) is 5.43. The van der Waals surface area contributed by atoms with Crippen LogP contribution in [0.2, 0.25) is 0 Å². The molecule has 0 amide bonds. The highest BCUT2D eigenvalue weighted by molar-refractivity contribution is 5.76. The zero-order valence-electron chi connectivity index (χ0n) is 17.2. The molecule has 1 heterocycles. The number of ether oxygens (including phenoxy) is 2. The second-order valence-corrected chi connectivity index (χ2v) is 7.03. The number of aromatic amines is 2. The maximum absolute atomic E-state index is 10.2. The first-order valence-electron chi connectivity index (χ1n) is 9.77. The van der Waals surface area contributed by atoms with Crippen LogP contribution < -0.4 is 20.7 Å². The molecule has 156 valence electrons.